The molecule has 0 aliphatic heterocycles. The summed E-state index contributed by atoms with van der Waals surface area (Å²) in [6.45, 7) is 6.89. The van der Waals surface area contributed by atoms with Gasteiger partial charge in [-0.1, -0.05) is 12.5 Å². The Labute approximate surface area is 119 Å². The van der Waals surface area contributed by atoms with E-state index in [4.69, 9.17) is 0 Å². The maximum absolute atomic E-state index is 4.32. The first-order valence-electron chi connectivity index (χ1n) is 7.29. The van der Waals surface area contributed by atoms with E-state index in [0.717, 1.165) is 38.4 Å². The fourth-order valence-electron chi connectivity index (χ4n) is 1.90. The normalized spacial score (nSPS) is 11.7. The average molecular weight is 268 g/mol. The van der Waals surface area contributed by atoms with E-state index in [1.807, 2.05) is 13.1 Å². The first-order chi connectivity index (χ1) is 9.11. The van der Waals surface area contributed by atoms with Gasteiger partial charge in [0, 0.05) is 27.2 Å². The zero-order chi connectivity index (χ0) is 14.5. The minimum absolute atomic E-state index is 0.978. The van der Waals surface area contributed by atoms with Gasteiger partial charge in [-0.05, 0) is 46.3 Å². The first-order valence-corrected chi connectivity index (χ1v) is 7.29. The Morgan fingerprint density at radius 2 is 1.84 bits per heavy atom. The van der Waals surface area contributed by atoms with Crippen LogP contribution in [0, 0.1) is 0 Å². The van der Waals surface area contributed by atoms with E-state index in [1.165, 1.54) is 19.3 Å². The van der Waals surface area contributed by atoms with Crippen LogP contribution in [0.1, 0.15) is 32.1 Å². The molecule has 4 nitrogen and oxygen atoms in total. The lowest BCUT2D eigenvalue weighted by atomic mass is 10.2. The van der Waals surface area contributed by atoms with Crippen molar-refractivity contribution in [1.29, 1.82) is 0 Å². The van der Waals surface area contributed by atoms with Crippen LogP contribution < -0.4 is 5.32 Å². The lowest BCUT2D eigenvalue weighted by Crippen LogP contribution is -2.40. The van der Waals surface area contributed by atoms with Crippen molar-refractivity contribution < 1.29 is 0 Å². The summed E-state index contributed by atoms with van der Waals surface area (Å²) in [4.78, 5) is 8.74. The highest BCUT2D eigenvalue weighted by Crippen LogP contribution is 2.01. The van der Waals surface area contributed by atoms with Crippen LogP contribution in [0.5, 0.6) is 0 Å². The van der Waals surface area contributed by atoms with E-state index in [1.54, 1.807) is 0 Å². The molecule has 0 radical (unpaired) electrons. The summed E-state index contributed by atoms with van der Waals surface area (Å²) < 4.78 is 0. The molecule has 0 bridgehead atoms. The zero-order valence-electron chi connectivity index (χ0n) is 13.3. The fraction of sp³-hybridized carbons (Fsp3) is 0.800. The minimum Gasteiger partial charge on any atom is -0.356 e. The highest BCUT2D eigenvalue weighted by molar-refractivity contribution is 5.79. The molecule has 0 aliphatic carbocycles. The van der Waals surface area contributed by atoms with Gasteiger partial charge in [-0.3, -0.25) is 4.99 Å². The molecule has 4 heteroatoms. The molecule has 0 aromatic carbocycles. The SMILES string of the molecule is C=CCCCCCN(C)C(=NC)NCCCN(C)C. The summed E-state index contributed by atoms with van der Waals surface area (Å²) in [5.74, 6) is 1.00. The lowest BCUT2D eigenvalue weighted by Gasteiger charge is -2.22. The van der Waals surface area contributed by atoms with Crippen LogP contribution in [0.15, 0.2) is 17.6 Å². The molecule has 0 aromatic rings. The van der Waals surface area contributed by atoms with Crippen molar-refractivity contribution in [2.24, 2.45) is 4.99 Å². The molecule has 0 heterocycles. The van der Waals surface area contributed by atoms with E-state index in [9.17, 15) is 0 Å². The Morgan fingerprint density at radius 3 is 2.42 bits per heavy atom. The number of guanidine groups is 1. The average Bonchev–Trinajstić information content (AvgIpc) is 2.38. The molecule has 0 aliphatic rings. The van der Waals surface area contributed by atoms with Crippen molar-refractivity contribution in [3.63, 3.8) is 0 Å². The largest absolute Gasteiger partial charge is 0.356 e. The van der Waals surface area contributed by atoms with Gasteiger partial charge in [-0.25, -0.2) is 0 Å². The van der Waals surface area contributed by atoms with Gasteiger partial charge < -0.3 is 15.1 Å². The van der Waals surface area contributed by atoms with Crippen LogP contribution in [0.2, 0.25) is 0 Å². The van der Waals surface area contributed by atoms with Crippen molar-refractivity contribution in [3.05, 3.63) is 12.7 Å². The summed E-state index contributed by atoms with van der Waals surface area (Å²) >= 11 is 0. The zero-order valence-corrected chi connectivity index (χ0v) is 13.3. The number of nitrogens with one attached hydrogen (secondary N) is 1. The quantitative estimate of drug-likeness (QED) is 0.285. The Kier molecular flexibility index (Phi) is 11.4. The molecule has 0 spiro atoms. The summed E-state index contributed by atoms with van der Waals surface area (Å²) in [6.07, 6.45) is 7.97. The molecule has 0 fully saturated rings. The van der Waals surface area contributed by atoms with Gasteiger partial charge >= 0.3 is 0 Å². The highest BCUT2D eigenvalue weighted by Gasteiger charge is 2.04. The molecular formula is C15H32N4. The van der Waals surface area contributed by atoms with E-state index in [-0.39, 0.29) is 0 Å². The maximum Gasteiger partial charge on any atom is 0.193 e. The van der Waals surface area contributed by atoms with Crippen molar-refractivity contribution >= 4 is 5.96 Å². The molecule has 1 N–H and O–H groups in total. The summed E-state index contributed by atoms with van der Waals surface area (Å²) in [7, 11) is 8.16. The third kappa shape index (κ3) is 10.6. The molecule has 0 saturated heterocycles. The van der Waals surface area contributed by atoms with Crippen LogP contribution in [-0.4, -0.2) is 63.6 Å². The Bertz CT molecular complexity index is 249. The van der Waals surface area contributed by atoms with Gasteiger partial charge in [-0.15, -0.1) is 6.58 Å². The topological polar surface area (TPSA) is 30.9 Å². The third-order valence-electron chi connectivity index (χ3n) is 3.04. The van der Waals surface area contributed by atoms with Crippen LogP contribution in [-0.2, 0) is 0 Å². The van der Waals surface area contributed by atoms with E-state index >= 15 is 0 Å². The van der Waals surface area contributed by atoms with Gasteiger partial charge in [0.05, 0.1) is 0 Å². The number of nitrogens with zero attached hydrogens (tertiary/aromatic N) is 3. The second kappa shape index (κ2) is 12.0. The molecule has 19 heavy (non-hydrogen) atoms. The highest BCUT2D eigenvalue weighted by atomic mass is 15.3. The van der Waals surface area contributed by atoms with Crippen molar-refractivity contribution in [2.75, 3.05) is 47.8 Å². The van der Waals surface area contributed by atoms with Crippen LogP contribution in [0.3, 0.4) is 0 Å². The Hall–Kier alpha value is -1.03. The smallest absolute Gasteiger partial charge is 0.193 e. The molecule has 0 saturated carbocycles. The first kappa shape index (κ1) is 18.0. The van der Waals surface area contributed by atoms with Crippen LogP contribution in [0.4, 0.5) is 0 Å². The molecule has 112 valence electrons. The summed E-state index contributed by atoms with van der Waals surface area (Å²) in [6, 6.07) is 0. The molecule has 0 aromatic heterocycles. The predicted octanol–water partition coefficient (Wildman–Crippen LogP) is 2.19. The molecule has 0 atom stereocenters. The summed E-state index contributed by atoms with van der Waals surface area (Å²) in [5.41, 5.74) is 0. The van der Waals surface area contributed by atoms with E-state index in [2.05, 4.69) is 47.8 Å². The fourth-order valence-corrected chi connectivity index (χ4v) is 1.90. The molecule has 0 rings (SSSR count). The number of rotatable bonds is 10. The number of aliphatic imine (C=N–C) groups is 1. The second-order valence-corrected chi connectivity index (χ2v) is 5.19. The third-order valence-corrected chi connectivity index (χ3v) is 3.04. The monoisotopic (exact) mass is 268 g/mol. The van der Waals surface area contributed by atoms with Gasteiger partial charge in [-0.2, -0.15) is 0 Å². The molecule has 0 amide bonds. The van der Waals surface area contributed by atoms with Gasteiger partial charge in [0.1, 0.15) is 0 Å². The molecule has 0 unspecified atom stereocenters. The minimum atomic E-state index is 0.978. The standard InChI is InChI=1S/C15H32N4/c1-6-7-8-9-10-14-19(5)15(16-2)17-12-11-13-18(3)4/h6H,1,7-14H2,2-5H3,(H,16,17). The van der Waals surface area contributed by atoms with Crippen molar-refractivity contribution in [1.82, 2.24) is 15.1 Å². The predicted molar refractivity (Wildman–Crippen MR) is 85.8 cm³/mol. The van der Waals surface area contributed by atoms with Crippen LogP contribution >= 0.6 is 0 Å². The number of hydrogen-bond acceptors (Lipinski definition) is 2. The molecular weight excluding hydrogens is 236 g/mol. The van der Waals surface area contributed by atoms with E-state index in [0.29, 0.717) is 0 Å². The second-order valence-electron chi connectivity index (χ2n) is 5.19. The van der Waals surface area contributed by atoms with Crippen molar-refractivity contribution in [2.45, 2.75) is 32.1 Å². The number of allylic oxidation sites excluding steroid dienone is 1. The van der Waals surface area contributed by atoms with Crippen molar-refractivity contribution in [3.8, 4) is 0 Å². The van der Waals surface area contributed by atoms with E-state index < -0.39 is 0 Å². The van der Waals surface area contributed by atoms with Gasteiger partial charge in [0.2, 0.25) is 0 Å². The van der Waals surface area contributed by atoms with Gasteiger partial charge in [0.15, 0.2) is 5.96 Å². The Morgan fingerprint density at radius 1 is 1.11 bits per heavy atom. The number of unbranched alkanes of at least 4 members (excludes halogenated alkanes) is 3. The maximum atomic E-state index is 4.32. The van der Waals surface area contributed by atoms with Crippen LogP contribution in [0.25, 0.3) is 0 Å². The lowest BCUT2D eigenvalue weighted by molar-refractivity contribution is 0.395. The number of hydrogen-bond donors (Lipinski definition) is 1. The Balaban J connectivity index is 3.73. The van der Waals surface area contributed by atoms with Gasteiger partial charge in [0.25, 0.3) is 0 Å². The summed E-state index contributed by atoms with van der Waals surface area (Å²) in [5, 5.41) is 3.41.